The van der Waals surface area contributed by atoms with Gasteiger partial charge in [0.25, 0.3) is 0 Å². The lowest BCUT2D eigenvalue weighted by Gasteiger charge is -2.30. The Labute approximate surface area is 256 Å². The Balaban J connectivity index is 0.000000215. The molecule has 5 rings (SSSR count). The number of halogens is 2. The van der Waals surface area contributed by atoms with Gasteiger partial charge in [-0.15, -0.1) is 0 Å². The third kappa shape index (κ3) is 6.24. The lowest BCUT2D eigenvalue weighted by Crippen LogP contribution is -3.00. The maximum absolute atomic E-state index is 12.0. The Hall–Kier alpha value is -3.22. The predicted molar refractivity (Wildman–Crippen MR) is 161 cm³/mol. The van der Waals surface area contributed by atoms with Crippen LogP contribution in [0, 0.1) is 0 Å². The first-order valence-corrected chi connectivity index (χ1v) is 14.3. The molecule has 0 aliphatic carbocycles. The minimum atomic E-state index is -0.994. The molecule has 208 valence electrons. The van der Waals surface area contributed by atoms with Gasteiger partial charge in [-0.2, -0.15) is 0 Å². The highest BCUT2D eigenvalue weighted by Crippen LogP contribution is 2.41. The van der Waals surface area contributed by atoms with Crippen molar-refractivity contribution in [1.82, 2.24) is 0 Å². The number of hydrogen-bond donors (Lipinski definition) is 1. The summed E-state index contributed by atoms with van der Waals surface area (Å²) in [6.45, 7) is 0.761. The van der Waals surface area contributed by atoms with Gasteiger partial charge in [-0.3, -0.25) is 4.79 Å². The summed E-state index contributed by atoms with van der Waals surface area (Å²) in [7, 11) is 4.11. The van der Waals surface area contributed by atoms with Gasteiger partial charge in [-0.05, 0) is 28.7 Å². The molecular formula is C34H35Br2NO3. The minimum absolute atomic E-state index is 0. The normalized spacial score (nSPS) is 13.7. The highest BCUT2D eigenvalue weighted by atomic mass is 79.9. The molecule has 1 fully saturated rings. The molecule has 1 heterocycles. The van der Waals surface area contributed by atoms with Crippen molar-refractivity contribution in [3.05, 3.63) is 144 Å². The fourth-order valence-electron chi connectivity index (χ4n) is 5.59. The number of carbonyl (C=O) groups is 1. The van der Waals surface area contributed by atoms with Gasteiger partial charge in [-0.1, -0.05) is 137 Å². The molecule has 40 heavy (non-hydrogen) atoms. The smallest absolute Gasteiger partial charge is 0.351 e. The van der Waals surface area contributed by atoms with Crippen molar-refractivity contribution < 1.29 is 36.2 Å². The molecule has 0 aromatic heterocycles. The van der Waals surface area contributed by atoms with E-state index in [4.69, 9.17) is 4.74 Å². The standard InChI is InChI=1S/C18H20NO.C16H15BrO2.BrH/c1-19(2)17-18(13-14-20-17,15-9-5-3-6-10-15)16-11-7-4-8-12-16;17-12-11-16(15(18)19,13-7-3-1-4-8-13)14-9-5-2-6-10-14;/h3-12H,13-14H2,1-2H3;1-10H,11-12H2,(H,18,19);1H/q+1;;/p-1. The van der Waals surface area contributed by atoms with Crippen LogP contribution in [0.4, 0.5) is 0 Å². The van der Waals surface area contributed by atoms with Crippen molar-refractivity contribution in [2.45, 2.75) is 23.7 Å². The molecule has 0 atom stereocenters. The number of ether oxygens (including phenoxy) is 1. The predicted octanol–water partition coefficient (Wildman–Crippen LogP) is 3.91. The minimum Gasteiger partial charge on any atom is -1.00 e. The molecule has 4 aromatic carbocycles. The number of benzene rings is 4. The first kappa shape index (κ1) is 31.3. The van der Waals surface area contributed by atoms with E-state index in [0.29, 0.717) is 11.8 Å². The summed E-state index contributed by atoms with van der Waals surface area (Å²) in [5, 5.41) is 10.5. The average Bonchev–Trinajstić information content (AvgIpc) is 3.45. The van der Waals surface area contributed by atoms with Gasteiger partial charge in [0.05, 0.1) is 6.61 Å². The van der Waals surface area contributed by atoms with Crippen LogP contribution in [-0.4, -0.2) is 47.6 Å². The molecule has 1 saturated heterocycles. The summed E-state index contributed by atoms with van der Waals surface area (Å²) in [6, 6.07) is 40.2. The van der Waals surface area contributed by atoms with Crippen LogP contribution in [-0.2, 0) is 20.4 Å². The summed E-state index contributed by atoms with van der Waals surface area (Å²) in [4.78, 5) is 12.0. The van der Waals surface area contributed by atoms with Crippen LogP contribution in [0.25, 0.3) is 0 Å². The van der Waals surface area contributed by atoms with Crippen LogP contribution in [0.3, 0.4) is 0 Å². The molecule has 0 unspecified atom stereocenters. The molecule has 4 nitrogen and oxygen atoms in total. The quantitative estimate of drug-likeness (QED) is 0.241. The SMILES string of the molecule is C[N+](C)=C1OCCC1(c1ccccc1)c1ccccc1.O=C(O)C(CCBr)(c1ccccc1)c1ccccc1.[Br-]. The molecule has 4 aromatic rings. The Morgan fingerprint density at radius 3 is 1.55 bits per heavy atom. The van der Waals surface area contributed by atoms with E-state index in [9.17, 15) is 9.90 Å². The van der Waals surface area contributed by atoms with Crippen molar-refractivity contribution in [3.8, 4) is 0 Å². The largest absolute Gasteiger partial charge is 1.00 e. The molecule has 0 radical (unpaired) electrons. The van der Waals surface area contributed by atoms with Gasteiger partial charge in [-0.25, -0.2) is 4.58 Å². The summed E-state index contributed by atoms with van der Waals surface area (Å²) in [6.07, 6.45) is 1.49. The van der Waals surface area contributed by atoms with Crippen LogP contribution in [0.2, 0.25) is 0 Å². The summed E-state index contributed by atoms with van der Waals surface area (Å²) in [5.41, 5.74) is 3.07. The van der Waals surface area contributed by atoms with Gasteiger partial charge in [0.1, 0.15) is 24.9 Å². The maximum atomic E-state index is 12.0. The van der Waals surface area contributed by atoms with Crippen molar-refractivity contribution >= 4 is 27.8 Å². The number of aliphatic carboxylic acids is 1. The second-order valence-electron chi connectivity index (χ2n) is 9.82. The van der Waals surface area contributed by atoms with E-state index in [1.807, 2.05) is 60.7 Å². The molecule has 1 N–H and O–H groups in total. The lowest BCUT2D eigenvalue weighted by molar-refractivity contribution is -0.476. The van der Waals surface area contributed by atoms with Gasteiger partial charge < -0.3 is 26.8 Å². The highest BCUT2D eigenvalue weighted by molar-refractivity contribution is 9.09. The Morgan fingerprint density at radius 1 is 0.800 bits per heavy atom. The third-order valence-corrected chi connectivity index (χ3v) is 7.78. The van der Waals surface area contributed by atoms with Crippen molar-refractivity contribution in [1.29, 1.82) is 0 Å². The fourth-order valence-corrected chi connectivity index (χ4v) is 6.18. The molecular weight excluding hydrogens is 630 g/mol. The molecule has 6 heteroatoms. The van der Waals surface area contributed by atoms with E-state index < -0.39 is 11.4 Å². The molecule has 1 aliphatic heterocycles. The number of nitrogens with zero attached hydrogens (tertiary/aromatic N) is 1. The van der Waals surface area contributed by atoms with E-state index in [2.05, 4.69) is 95.3 Å². The molecule has 0 amide bonds. The van der Waals surface area contributed by atoms with E-state index in [-0.39, 0.29) is 22.4 Å². The number of rotatable bonds is 7. The van der Waals surface area contributed by atoms with E-state index in [1.54, 1.807) is 0 Å². The van der Waals surface area contributed by atoms with Crippen molar-refractivity contribution in [3.63, 3.8) is 0 Å². The number of alkyl halides is 1. The summed E-state index contributed by atoms with van der Waals surface area (Å²) in [5.74, 6) is 0.222. The van der Waals surface area contributed by atoms with Crippen LogP contribution in [0.1, 0.15) is 35.1 Å². The molecule has 1 aliphatic rings. The second kappa shape index (κ2) is 14.4. The van der Waals surface area contributed by atoms with Gasteiger partial charge in [0, 0.05) is 11.8 Å². The number of carboxylic acid groups (broad SMARTS) is 1. The van der Waals surface area contributed by atoms with Crippen LogP contribution >= 0.6 is 15.9 Å². The Morgan fingerprint density at radius 2 is 1.20 bits per heavy atom. The van der Waals surface area contributed by atoms with E-state index in [0.717, 1.165) is 30.1 Å². The first-order valence-electron chi connectivity index (χ1n) is 13.2. The Bertz CT molecular complexity index is 1300. The number of carboxylic acids is 1. The van der Waals surface area contributed by atoms with Crippen LogP contribution in [0.15, 0.2) is 121 Å². The van der Waals surface area contributed by atoms with Gasteiger partial charge in [0.15, 0.2) is 0 Å². The Kier molecular flexibility index (Phi) is 11.3. The number of hydrogen-bond acceptors (Lipinski definition) is 2. The zero-order valence-corrected chi connectivity index (χ0v) is 26.0. The lowest BCUT2D eigenvalue weighted by atomic mass is 9.72. The summed E-state index contributed by atoms with van der Waals surface area (Å²) >= 11 is 3.38. The average molecular weight is 665 g/mol. The van der Waals surface area contributed by atoms with Crippen LogP contribution in [0.5, 0.6) is 0 Å². The van der Waals surface area contributed by atoms with Crippen molar-refractivity contribution in [2.24, 2.45) is 0 Å². The zero-order chi connectivity index (χ0) is 27.7. The molecule has 0 spiro atoms. The van der Waals surface area contributed by atoms with E-state index in [1.165, 1.54) is 11.1 Å². The zero-order valence-electron chi connectivity index (χ0n) is 22.8. The van der Waals surface area contributed by atoms with Crippen LogP contribution < -0.4 is 17.0 Å². The van der Waals surface area contributed by atoms with Crippen molar-refractivity contribution in [2.75, 3.05) is 26.0 Å². The van der Waals surface area contributed by atoms with Gasteiger partial charge in [0.2, 0.25) is 0 Å². The molecule has 0 saturated carbocycles. The van der Waals surface area contributed by atoms with E-state index >= 15 is 0 Å². The summed E-state index contributed by atoms with van der Waals surface area (Å²) < 4.78 is 8.09. The fraction of sp³-hybridized carbons (Fsp3) is 0.235. The monoisotopic (exact) mass is 663 g/mol. The highest BCUT2D eigenvalue weighted by Gasteiger charge is 2.50. The first-order chi connectivity index (χ1) is 19.0. The van der Waals surface area contributed by atoms with Gasteiger partial charge >= 0.3 is 11.9 Å². The second-order valence-corrected chi connectivity index (χ2v) is 10.6. The molecule has 0 bridgehead atoms. The third-order valence-electron chi connectivity index (χ3n) is 7.39. The topological polar surface area (TPSA) is 49.5 Å². The maximum Gasteiger partial charge on any atom is 0.351 e.